The van der Waals surface area contributed by atoms with E-state index < -0.39 is 0 Å². The van der Waals surface area contributed by atoms with Crippen molar-refractivity contribution in [3.63, 3.8) is 0 Å². The third-order valence-corrected chi connectivity index (χ3v) is 4.97. The van der Waals surface area contributed by atoms with Crippen LogP contribution < -0.4 is 0 Å². The molecule has 0 bridgehead atoms. The maximum atomic E-state index is 9.37. The van der Waals surface area contributed by atoms with Gasteiger partial charge in [-0.15, -0.1) is 0 Å². The molecule has 124 valence electrons. The van der Waals surface area contributed by atoms with Gasteiger partial charge in [-0.1, -0.05) is 60.7 Å². The molecule has 0 radical (unpaired) electrons. The third-order valence-electron chi connectivity index (χ3n) is 4.97. The zero-order valence-electron chi connectivity index (χ0n) is 14.5. The summed E-state index contributed by atoms with van der Waals surface area (Å²) in [7, 11) is 0. The van der Waals surface area contributed by atoms with E-state index in [1.54, 1.807) is 0 Å². The molecule has 0 N–H and O–H groups in total. The first-order chi connectivity index (χ1) is 11.6. The molecule has 0 saturated carbocycles. The first-order valence-corrected chi connectivity index (χ1v) is 8.62. The molecule has 3 nitrogen and oxygen atoms in total. The maximum Gasteiger partial charge on any atom is 0.103 e. The van der Waals surface area contributed by atoms with E-state index >= 15 is 0 Å². The van der Waals surface area contributed by atoms with E-state index in [1.165, 1.54) is 11.1 Å². The number of nitriles is 1. The Balaban J connectivity index is 1.83. The second kappa shape index (κ2) is 7.17. The number of benzene rings is 2. The van der Waals surface area contributed by atoms with E-state index in [-0.39, 0.29) is 11.6 Å². The van der Waals surface area contributed by atoms with Crippen LogP contribution in [0.3, 0.4) is 0 Å². The highest BCUT2D eigenvalue weighted by Gasteiger charge is 2.32. The van der Waals surface area contributed by atoms with Crippen molar-refractivity contribution in [1.82, 2.24) is 9.80 Å². The monoisotopic (exact) mass is 319 g/mol. The molecule has 3 rings (SSSR count). The fourth-order valence-corrected chi connectivity index (χ4v) is 3.49. The summed E-state index contributed by atoms with van der Waals surface area (Å²) in [5, 5.41) is 9.37. The molecule has 0 spiro atoms. The number of rotatable bonds is 4. The molecule has 0 unspecified atom stereocenters. The molecule has 0 amide bonds. The van der Waals surface area contributed by atoms with Crippen LogP contribution in [0.1, 0.15) is 31.0 Å². The SMILES string of the molecule is CC(C)(C#N)N1CCN(C(c2ccccc2)c2ccccc2)CC1. The van der Waals surface area contributed by atoms with Crippen molar-refractivity contribution in [2.45, 2.75) is 25.4 Å². The lowest BCUT2D eigenvalue weighted by Gasteiger charge is -2.43. The smallest absolute Gasteiger partial charge is 0.103 e. The summed E-state index contributed by atoms with van der Waals surface area (Å²) in [6, 6.07) is 24.1. The molecule has 3 heteroatoms. The highest BCUT2D eigenvalue weighted by atomic mass is 15.3. The van der Waals surface area contributed by atoms with E-state index in [2.05, 4.69) is 76.5 Å². The van der Waals surface area contributed by atoms with Crippen molar-refractivity contribution in [3.8, 4) is 6.07 Å². The fraction of sp³-hybridized carbons (Fsp3) is 0.381. The summed E-state index contributed by atoms with van der Waals surface area (Å²) in [6.45, 7) is 7.82. The predicted octanol–water partition coefficient (Wildman–Crippen LogP) is 3.70. The number of hydrogen-bond acceptors (Lipinski definition) is 3. The van der Waals surface area contributed by atoms with Gasteiger partial charge in [0.2, 0.25) is 0 Å². The Labute approximate surface area is 145 Å². The lowest BCUT2D eigenvalue weighted by Crippen LogP contribution is -2.54. The number of piperazine rings is 1. The Morgan fingerprint density at radius 2 is 1.29 bits per heavy atom. The van der Waals surface area contributed by atoms with Crippen LogP contribution in [0, 0.1) is 11.3 Å². The Morgan fingerprint density at radius 1 is 0.833 bits per heavy atom. The fourth-order valence-electron chi connectivity index (χ4n) is 3.49. The van der Waals surface area contributed by atoms with Crippen LogP contribution in [0.4, 0.5) is 0 Å². The molecule has 0 aliphatic carbocycles. The van der Waals surface area contributed by atoms with Gasteiger partial charge in [-0.2, -0.15) is 5.26 Å². The van der Waals surface area contributed by atoms with Gasteiger partial charge in [-0.3, -0.25) is 9.80 Å². The van der Waals surface area contributed by atoms with Gasteiger partial charge in [-0.25, -0.2) is 0 Å². The minimum atomic E-state index is -0.388. The van der Waals surface area contributed by atoms with Crippen molar-refractivity contribution in [2.24, 2.45) is 0 Å². The van der Waals surface area contributed by atoms with Crippen LogP contribution in [0.2, 0.25) is 0 Å². The van der Waals surface area contributed by atoms with E-state index in [9.17, 15) is 5.26 Å². The molecule has 2 aromatic rings. The normalized spacial score (nSPS) is 16.9. The van der Waals surface area contributed by atoms with Crippen LogP contribution >= 0.6 is 0 Å². The molecular weight excluding hydrogens is 294 g/mol. The lowest BCUT2D eigenvalue weighted by atomic mass is 9.95. The van der Waals surface area contributed by atoms with Crippen molar-refractivity contribution in [3.05, 3.63) is 71.8 Å². The van der Waals surface area contributed by atoms with Crippen LogP contribution in [0.5, 0.6) is 0 Å². The average molecular weight is 319 g/mol. The number of hydrogen-bond donors (Lipinski definition) is 0. The van der Waals surface area contributed by atoms with Crippen LogP contribution in [0.25, 0.3) is 0 Å². The van der Waals surface area contributed by atoms with E-state index in [0.717, 1.165) is 26.2 Å². The van der Waals surface area contributed by atoms with Crippen LogP contribution in [-0.2, 0) is 0 Å². The molecule has 1 saturated heterocycles. The molecule has 0 aromatic heterocycles. The molecule has 1 heterocycles. The van der Waals surface area contributed by atoms with Gasteiger partial charge in [0.05, 0.1) is 12.1 Å². The Morgan fingerprint density at radius 3 is 1.71 bits per heavy atom. The molecule has 24 heavy (non-hydrogen) atoms. The second-order valence-corrected chi connectivity index (χ2v) is 6.92. The van der Waals surface area contributed by atoms with Gasteiger partial charge in [0.25, 0.3) is 0 Å². The molecule has 1 aliphatic heterocycles. The molecule has 1 aliphatic rings. The Hall–Kier alpha value is -2.15. The summed E-state index contributed by atoms with van der Waals surface area (Å²) in [4.78, 5) is 4.82. The maximum absolute atomic E-state index is 9.37. The highest BCUT2D eigenvalue weighted by Crippen LogP contribution is 2.30. The average Bonchev–Trinajstić information content (AvgIpc) is 2.64. The topological polar surface area (TPSA) is 30.3 Å². The van der Waals surface area contributed by atoms with Crippen molar-refractivity contribution in [1.29, 1.82) is 5.26 Å². The summed E-state index contributed by atoms with van der Waals surface area (Å²) in [6.07, 6.45) is 0. The van der Waals surface area contributed by atoms with Crippen molar-refractivity contribution < 1.29 is 0 Å². The minimum absolute atomic E-state index is 0.278. The molecule has 1 fully saturated rings. The van der Waals surface area contributed by atoms with E-state index in [4.69, 9.17) is 0 Å². The first kappa shape index (κ1) is 16.7. The van der Waals surface area contributed by atoms with Crippen LogP contribution in [-0.4, -0.2) is 41.5 Å². The zero-order chi connectivity index (χ0) is 17.0. The summed E-state index contributed by atoms with van der Waals surface area (Å²) in [5.74, 6) is 0. The molecule has 0 atom stereocenters. The molecule has 2 aromatic carbocycles. The van der Waals surface area contributed by atoms with Gasteiger partial charge in [0.15, 0.2) is 0 Å². The van der Waals surface area contributed by atoms with Crippen molar-refractivity contribution in [2.75, 3.05) is 26.2 Å². The molecular formula is C21H25N3. The minimum Gasteiger partial charge on any atom is -0.290 e. The quantitative estimate of drug-likeness (QED) is 0.861. The zero-order valence-corrected chi connectivity index (χ0v) is 14.5. The lowest BCUT2D eigenvalue weighted by molar-refractivity contribution is 0.0649. The number of nitrogens with zero attached hydrogens (tertiary/aromatic N) is 3. The van der Waals surface area contributed by atoms with Crippen molar-refractivity contribution >= 4 is 0 Å². The second-order valence-electron chi connectivity index (χ2n) is 6.92. The summed E-state index contributed by atoms with van der Waals surface area (Å²) in [5.41, 5.74) is 2.27. The van der Waals surface area contributed by atoms with Gasteiger partial charge in [0, 0.05) is 26.2 Å². The van der Waals surface area contributed by atoms with Gasteiger partial charge in [0.1, 0.15) is 5.54 Å². The largest absolute Gasteiger partial charge is 0.290 e. The Kier molecular flexibility index (Phi) is 4.99. The van der Waals surface area contributed by atoms with Gasteiger partial charge >= 0.3 is 0 Å². The van der Waals surface area contributed by atoms with E-state index in [1.807, 2.05) is 13.8 Å². The Bertz CT molecular complexity index is 641. The first-order valence-electron chi connectivity index (χ1n) is 8.62. The summed E-state index contributed by atoms with van der Waals surface area (Å²) < 4.78 is 0. The van der Waals surface area contributed by atoms with Gasteiger partial charge in [-0.05, 0) is 25.0 Å². The predicted molar refractivity (Wildman–Crippen MR) is 97.6 cm³/mol. The standard InChI is InChI=1S/C21H25N3/c1-21(2,17-22)24-15-13-23(14-16-24)20(18-9-5-3-6-10-18)19-11-7-4-8-12-19/h3-12,20H,13-16H2,1-2H3. The highest BCUT2D eigenvalue weighted by molar-refractivity contribution is 5.32. The van der Waals surface area contributed by atoms with Gasteiger partial charge < -0.3 is 0 Å². The third kappa shape index (κ3) is 3.51. The van der Waals surface area contributed by atoms with E-state index in [0.29, 0.717) is 0 Å². The van der Waals surface area contributed by atoms with Crippen LogP contribution in [0.15, 0.2) is 60.7 Å². The summed E-state index contributed by atoms with van der Waals surface area (Å²) >= 11 is 0.